The predicted octanol–water partition coefficient (Wildman–Crippen LogP) is 3.08. The van der Waals surface area contributed by atoms with Crippen molar-refractivity contribution in [2.75, 3.05) is 10.7 Å². The fourth-order valence-corrected chi connectivity index (χ4v) is 2.00. The summed E-state index contributed by atoms with van der Waals surface area (Å²) < 4.78 is 0. The number of aromatic nitrogens is 2. The summed E-state index contributed by atoms with van der Waals surface area (Å²) in [4.78, 5) is 9.01. The molecule has 106 valence electrons. The van der Waals surface area contributed by atoms with Gasteiger partial charge in [0.1, 0.15) is 17.5 Å². The lowest BCUT2D eigenvalue weighted by Crippen LogP contribution is -2.14. The van der Waals surface area contributed by atoms with Crippen molar-refractivity contribution in [3.05, 3.63) is 41.2 Å². The molecule has 20 heavy (non-hydrogen) atoms. The van der Waals surface area contributed by atoms with Gasteiger partial charge < -0.3 is 10.7 Å². The third kappa shape index (κ3) is 3.05. The first-order valence-corrected chi connectivity index (χ1v) is 6.82. The van der Waals surface area contributed by atoms with E-state index in [0.29, 0.717) is 5.82 Å². The zero-order chi connectivity index (χ0) is 14.5. The van der Waals surface area contributed by atoms with Crippen LogP contribution in [0.25, 0.3) is 0 Å². The zero-order valence-corrected chi connectivity index (χ0v) is 12.2. The van der Waals surface area contributed by atoms with Crippen LogP contribution < -0.4 is 16.6 Å². The van der Waals surface area contributed by atoms with Crippen molar-refractivity contribution in [2.24, 2.45) is 5.84 Å². The first-order chi connectivity index (χ1) is 9.65. The summed E-state index contributed by atoms with van der Waals surface area (Å²) in [6, 6.07) is 8.11. The fraction of sp³-hybridized carbons (Fsp3) is 0.333. The number of anilines is 3. The first-order valence-electron chi connectivity index (χ1n) is 6.82. The predicted molar refractivity (Wildman–Crippen MR) is 83.0 cm³/mol. The van der Waals surface area contributed by atoms with Crippen molar-refractivity contribution in [2.45, 2.75) is 33.6 Å². The van der Waals surface area contributed by atoms with Gasteiger partial charge in [0.05, 0.1) is 0 Å². The molecule has 4 N–H and O–H groups in total. The summed E-state index contributed by atoms with van der Waals surface area (Å²) in [7, 11) is 0. The number of hydrogen-bond acceptors (Lipinski definition) is 5. The van der Waals surface area contributed by atoms with Crippen molar-refractivity contribution < 1.29 is 0 Å². The van der Waals surface area contributed by atoms with E-state index in [2.05, 4.69) is 40.6 Å². The van der Waals surface area contributed by atoms with Gasteiger partial charge in [0.2, 0.25) is 0 Å². The summed E-state index contributed by atoms with van der Waals surface area (Å²) in [5, 5.41) is 3.37. The molecule has 0 aliphatic heterocycles. The molecule has 0 saturated carbocycles. The number of benzene rings is 1. The summed E-state index contributed by atoms with van der Waals surface area (Å²) in [5.41, 5.74) is 5.77. The van der Waals surface area contributed by atoms with Crippen LogP contribution in [-0.4, -0.2) is 9.97 Å². The maximum absolute atomic E-state index is 5.54. The summed E-state index contributed by atoms with van der Waals surface area (Å²) in [6.45, 7) is 6.12. The number of para-hydroxylation sites is 1. The van der Waals surface area contributed by atoms with Crippen LogP contribution in [0.1, 0.15) is 30.3 Å². The molecule has 1 heterocycles. The van der Waals surface area contributed by atoms with E-state index in [1.165, 1.54) is 5.56 Å². The van der Waals surface area contributed by atoms with Crippen molar-refractivity contribution in [3.8, 4) is 0 Å². The molecule has 0 fully saturated rings. The Morgan fingerprint density at radius 1 is 1.10 bits per heavy atom. The molecule has 5 heteroatoms. The van der Waals surface area contributed by atoms with Gasteiger partial charge in [-0.3, -0.25) is 0 Å². The minimum absolute atomic E-state index is 0.666. The van der Waals surface area contributed by atoms with E-state index >= 15 is 0 Å². The summed E-state index contributed by atoms with van der Waals surface area (Å²) in [5.74, 6) is 7.80. The van der Waals surface area contributed by atoms with E-state index in [-0.39, 0.29) is 0 Å². The first kappa shape index (κ1) is 14.3. The van der Waals surface area contributed by atoms with Crippen molar-refractivity contribution in [1.82, 2.24) is 9.97 Å². The molecular weight excluding hydrogens is 250 g/mol. The minimum atomic E-state index is 0.666. The lowest BCUT2D eigenvalue weighted by atomic mass is 10.2. The molecule has 0 atom stereocenters. The molecule has 0 bridgehead atoms. The number of nitrogens with one attached hydrogen (secondary N) is 2. The van der Waals surface area contributed by atoms with Crippen LogP contribution in [-0.2, 0) is 6.42 Å². The Morgan fingerprint density at radius 3 is 2.45 bits per heavy atom. The van der Waals surface area contributed by atoms with Crippen LogP contribution in [0, 0.1) is 13.8 Å². The van der Waals surface area contributed by atoms with Gasteiger partial charge in [-0.15, -0.1) is 0 Å². The third-order valence-corrected chi connectivity index (χ3v) is 3.20. The van der Waals surface area contributed by atoms with Crippen LogP contribution in [0.3, 0.4) is 0 Å². The number of nitrogens with two attached hydrogens (primary N) is 1. The Kier molecular flexibility index (Phi) is 4.53. The molecule has 2 aromatic rings. The number of hydrogen-bond donors (Lipinski definition) is 3. The maximum atomic E-state index is 5.54. The topological polar surface area (TPSA) is 75.9 Å². The molecule has 0 amide bonds. The average Bonchev–Trinajstić information content (AvgIpc) is 2.45. The Labute approximate surface area is 119 Å². The molecule has 1 aromatic heterocycles. The quantitative estimate of drug-likeness (QED) is 0.575. The molecule has 0 aliphatic rings. The van der Waals surface area contributed by atoms with Gasteiger partial charge in [0, 0.05) is 17.7 Å². The van der Waals surface area contributed by atoms with Crippen LogP contribution in [0.5, 0.6) is 0 Å². The van der Waals surface area contributed by atoms with Gasteiger partial charge in [-0.1, -0.05) is 25.1 Å². The smallest absolute Gasteiger partial charge is 0.148 e. The maximum Gasteiger partial charge on any atom is 0.148 e. The van der Waals surface area contributed by atoms with Gasteiger partial charge in [-0.05, 0) is 31.9 Å². The molecule has 2 rings (SSSR count). The lowest BCUT2D eigenvalue weighted by Gasteiger charge is -2.14. The second-order valence-electron chi connectivity index (χ2n) is 4.80. The van der Waals surface area contributed by atoms with Gasteiger partial charge in [-0.25, -0.2) is 15.8 Å². The minimum Gasteiger partial charge on any atom is -0.340 e. The molecule has 0 spiro atoms. The second kappa shape index (κ2) is 6.34. The Morgan fingerprint density at radius 2 is 1.80 bits per heavy atom. The van der Waals surface area contributed by atoms with Crippen molar-refractivity contribution in [3.63, 3.8) is 0 Å². The third-order valence-electron chi connectivity index (χ3n) is 3.20. The Balaban J connectivity index is 2.39. The van der Waals surface area contributed by atoms with E-state index < -0.39 is 0 Å². The van der Waals surface area contributed by atoms with Gasteiger partial charge in [0.25, 0.3) is 0 Å². The molecule has 0 aliphatic carbocycles. The number of rotatable bonds is 5. The highest BCUT2D eigenvalue weighted by atomic mass is 15.3. The number of hydrazine groups is 1. The average molecular weight is 271 g/mol. The van der Waals surface area contributed by atoms with Crippen LogP contribution in [0.15, 0.2) is 24.3 Å². The number of nitrogen functional groups attached to an aromatic ring is 1. The highest BCUT2D eigenvalue weighted by molar-refractivity contribution is 5.66. The van der Waals surface area contributed by atoms with Crippen LogP contribution >= 0.6 is 0 Å². The van der Waals surface area contributed by atoms with Crippen LogP contribution in [0.2, 0.25) is 0 Å². The Hall–Kier alpha value is -2.14. The summed E-state index contributed by atoms with van der Waals surface area (Å²) >= 11 is 0. The Bertz CT molecular complexity index is 595. The van der Waals surface area contributed by atoms with Crippen molar-refractivity contribution in [1.29, 1.82) is 0 Å². The van der Waals surface area contributed by atoms with Gasteiger partial charge in [0.15, 0.2) is 0 Å². The standard InChI is InChI=1S/C15H21N5/c1-4-7-13-18-14(11(3)15(19-13)20-16)17-12-9-6-5-8-10(12)2/h5-6,8-9H,4,7,16H2,1-3H3,(H2,17,18,19,20). The highest BCUT2D eigenvalue weighted by Crippen LogP contribution is 2.25. The molecular formula is C15H21N5. The molecule has 1 aromatic carbocycles. The van der Waals surface area contributed by atoms with Crippen molar-refractivity contribution >= 4 is 17.3 Å². The molecule has 5 nitrogen and oxygen atoms in total. The molecule has 0 unspecified atom stereocenters. The monoisotopic (exact) mass is 271 g/mol. The fourth-order valence-electron chi connectivity index (χ4n) is 2.00. The normalized spacial score (nSPS) is 10.4. The number of nitrogens with zero attached hydrogens (tertiary/aromatic N) is 2. The van der Waals surface area contributed by atoms with E-state index in [9.17, 15) is 0 Å². The molecule has 0 saturated heterocycles. The summed E-state index contributed by atoms with van der Waals surface area (Å²) in [6.07, 6.45) is 1.83. The largest absolute Gasteiger partial charge is 0.340 e. The van der Waals surface area contributed by atoms with Gasteiger partial charge >= 0.3 is 0 Å². The van der Waals surface area contributed by atoms with E-state index in [1.54, 1.807) is 0 Å². The SMILES string of the molecule is CCCc1nc(NN)c(C)c(Nc2ccccc2C)n1. The number of aryl methyl sites for hydroxylation is 2. The lowest BCUT2D eigenvalue weighted by molar-refractivity contribution is 0.833. The molecule has 0 radical (unpaired) electrons. The zero-order valence-electron chi connectivity index (χ0n) is 12.2. The van der Waals surface area contributed by atoms with Gasteiger partial charge in [-0.2, -0.15) is 0 Å². The van der Waals surface area contributed by atoms with E-state index in [0.717, 1.165) is 35.7 Å². The highest BCUT2D eigenvalue weighted by Gasteiger charge is 2.10. The van der Waals surface area contributed by atoms with E-state index in [1.807, 2.05) is 25.1 Å². The second-order valence-corrected chi connectivity index (χ2v) is 4.80. The van der Waals surface area contributed by atoms with Crippen LogP contribution in [0.4, 0.5) is 17.3 Å². The van der Waals surface area contributed by atoms with E-state index in [4.69, 9.17) is 5.84 Å².